The predicted octanol–water partition coefficient (Wildman–Crippen LogP) is 4.39. The van der Waals surface area contributed by atoms with Crippen LogP contribution in [0.1, 0.15) is 50.9 Å². The number of thioether (sulfide) groups is 1. The zero-order chi connectivity index (χ0) is 19.5. The maximum Gasteiger partial charge on any atom is 0.236 e. The first-order valence-electron chi connectivity index (χ1n) is 9.42. The number of benzene rings is 1. The normalized spacial score (nSPS) is 24.5. The summed E-state index contributed by atoms with van der Waals surface area (Å²) < 4.78 is 1.06. The number of para-hydroxylation sites is 1. The predicted molar refractivity (Wildman–Crippen MR) is 112 cm³/mol. The van der Waals surface area contributed by atoms with E-state index in [2.05, 4.69) is 41.3 Å². The summed E-state index contributed by atoms with van der Waals surface area (Å²) in [6.45, 7) is 6.92. The van der Waals surface area contributed by atoms with Crippen LogP contribution in [0.4, 0.5) is 5.13 Å². The van der Waals surface area contributed by atoms with Crippen molar-refractivity contribution in [1.82, 2.24) is 20.2 Å². The number of nitrogens with one attached hydrogen (secondary N) is 1. The molecule has 0 aliphatic heterocycles. The first kappa shape index (κ1) is 18.0. The molecular weight excluding hydrogens is 390 g/mol. The summed E-state index contributed by atoms with van der Waals surface area (Å²) in [5.74, 6) is 0.565. The lowest BCUT2D eigenvalue weighted by Crippen LogP contribution is -2.32. The quantitative estimate of drug-likeness (QED) is 0.642. The summed E-state index contributed by atoms with van der Waals surface area (Å²) >= 11 is 2.80. The Hall–Kier alpha value is -2.06. The lowest BCUT2D eigenvalue weighted by Gasteiger charge is -2.33. The summed E-state index contributed by atoms with van der Waals surface area (Å²) in [5.41, 5.74) is 3.24. The molecular formula is C20H21N5OS2. The molecule has 1 amide bonds. The van der Waals surface area contributed by atoms with Crippen LogP contribution in [0.25, 0.3) is 10.2 Å². The van der Waals surface area contributed by atoms with Crippen LogP contribution < -0.4 is 5.32 Å². The third-order valence-electron chi connectivity index (χ3n) is 6.64. The van der Waals surface area contributed by atoms with Crippen LogP contribution in [-0.4, -0.2) is 31.8 Å². The van der Waals surface area contributed by atoms with Crippen LogP contribution >= 0.6 is 23.1 Å². The highest BCUT2D eigenvalue weighted by atomic mass is 32.2. The van der Waals surface area contributed by atoms with Crippen molar-refractivity contribution >= 4 is 44.4 Å². The molecule has 3 aromatic rings. The molecule has 1 N–H and O–H groups in total. The first-order chi connectivity index (χ1) is 13.4. The first-order valence-corrected chi connectivity index (χ1v) is 11.2. The Morgan fingerprint density at radius 1 is 1.25 bits per heavy atom. The van der Waals surface area contributed by atoms with Gasteiger partial charge in [0.2, 0.25) is 11.1 Å². The molecule has 1 aromatic carbocycles. The number of carbonyl (C=O) groups excluding carboxylic acids is 1. The number of nitrogens with zero attached hydrogens (tertiary/aromatic N) is 4. The molecule has 0 spiro atoms. The second-order valence-corrected chi connectivity index (χ2v) is 10.3. The van der Waals surface area contributed by atoms with E-state index in [-0.39, 0.29) is 22.5 Å². The molecule has 0 saturated heterocycles. The number of anilines is 1. The topological polar surface area (TPSA) is 80.7 Å². The lowest BCUT2D eigenvalue weighted by atomic mass is 9.70. The highest BCUT2D eigenvalue weighted by molar-refractivity contribution is 7.99. The molecule has 2 aliphatic rings. The smallest absolute Gasteiger partial charge is 0.236 e. The van der Waals surface area contributed by atoms with Crippen LogP contribution in [0, 0.1) is 5.41 Å². The average molecular weight is 412 g/mol. The molecule has 6 nitrogen and oxygen atoms in total. The minimum Gasteiger partial charge on any atom is -0.301 e. The molecule has 0 radical (unpaired) electrons. The zero-order valence-electron chi connectivity index (χ0n) is 16.0. The lowest BCUT2D eigenvalue weighted by molar-refractivity contribution is -0.113. The number of hydrogen-bond donors (Lipinski definition) is 1. The fourth-order valence-corrected chi connectivity index (χ4v) is 6.10. The van der Waals surface area contributed by atoms with Crippen molar-refractivity contribution in [2.24, 2.45) is 5.41 Å². The molecule has 2 aliphatic carbocycles. The molecule has 1 fully saturated rings. The van der Waals surface area contributed by atoms with E-state index in [1.54, 1.807) is 0 Å². The van der Waals surface area contributed by atoms with Crippen molar-refractivity contribution in [2.75, 3.05) is 11.1 Å². The maximum atomic E-state index is 12.3. The van der Waals surface area contributed by atoms with Gasteiger partial charge in [-0.1, -0.05) is 56.0 Å². The molecule has 2 heterocycles. The van der Waals surface area contributed by atoms with Crippen molar-refractivity contribution in [3.63, 3.8) is 0 Å². The highest BCUT2D eigenvalue weighted by Crippen LogP contribution is 2.66. The van der Waals surface area contributed by atoms with E-state index in [1.807, 2.05) is 24.3 Å². The van der Waals surface area contributed by atoms with E-state index in [4.69, 9.17) is 4.98 Å². The van der Waals surface area contributed by atoms with Gasteiger partial charge in [-0.2, -0.15) is 5.10 Å². The third-order valence-corrected chi connectivity index (χ3v) is 8.43. The summed E-state index contributed by atoms with van der Waals surface area (Å²) in [6.07, 6.45) is 2.29. The van der Waals surface area contributed by atoms with Gasteiger partial charge in [-0.25, -0.2) is 9.97 Å². The molecule has 2 unspecified atom stereocenters. The largest absolute Gasteiger partial charge is 0.301 e. The van der Waals surface area contributed by atoms with Gasteiger partial charge in [-0.05, 0) is 30.4 Å². The minimum atomic E-state index is -0.110. The number of fused-ring (bicyclic) bond motifs is 6. The van der Waals surface area contributed by atoms with Crippen LogP contribution in [0.5, 0.6) is 0 Å². The number of thiazole rings is 1. The molecule has 144 valence electrons. The minimum absolute atomic E-state index is 0.0432. The maximum absolute atomic E-state index is 12.3. The molecule has 28 heavy (non-hydrogen) atoms. The Balaban J connectivity index is 1.28. The number of amides is 1. The Labute approximate surface area is 171 Å². The number of carbonyl (C=O) groups is 1. The van der Waals surface area contributed by atoms with Crippen LogP contribution in [-0.2, 0) is 10.2 Å². The Morgan fingerprint density at radius 2 is 2.07 bits per heavy atom. The molecule has 2 bridgehead atoms. The second-order valence-electron chi connectivity index (χ2n) is 8.30. The van der Waals surface area contributed by atoms with Crippen molar-refractivity contribution < 1.29 is 4.79 Å². The molecule has 8 heteroatoms. The van der Waals surface area contributed by atoms with Crippen LogP contribution in [0.3, 0.4) is 0 Å². The van der Waals surface area contributed by atoms with Gasteiger partial charge in [0.1, 0.15) is 0 Å². The van der Waals surface area contributed by atoms with E-state index < -0.39 is 0 Å². The Bertz CT molecular complexity index is 1060. The van der Waals surface area contributed by atoms with Gasteiger partial charge in [0.05, 0.1) is 27.4 Å². The Kier molecular flexibility index (Phi) is 4.00. The molecule has 1 saturated carbocycles. The second kappa shape index (κ2) is 6.22. The van der Waals surface area contributed by atoms with E-state index >= 15 is 0 Å². The van der Waals surface area contributed by atoms with Gasteiger partial charge >= 0.3 is 0 Å². The zero-order valence-corrected chi connectivity index (χ0v) is 17.7. The summed E-state index contributed by atoms with van der Waals surface area (Å²) in [5, 5.41) is 12.8. The van der Waals surface area contributed by atoms with E-state index in [9.17, 15) is 4.79 Å². The summed E-state index contributed by atoms with van der Waals surface area (Å²) in [7, 11) is 0. The highest BCUT2D eigenvalue weighted by Gasteiger charge is 2.61. The fraction of sp³-hybridized carbons (Fsp3) is 0.450. The SMILES string of the molecule is CC12CCC(c3nnc(SCC(=O)Nc4nc5ccccc5s4)nc31)C2(C)C. The summed E-state index contributed by atoms with van der Waals surface area (Å²) in [4.78, 5) is 21.6. The third kappa shape index (κ3) is 2.58. The van der Waals surface area contributed by atoms with Gasteiger partial charge in [0.25, 0.3) is 0 Å². The van der Waals surface area contributed by atoms with Gasteiger partial charge < -0.3 is 5.32 Å². The van der Waals surface area contributed by atoms with E-state index in [0.717, 1.165) is 34.4 Å². The molecule has 2 atom stereocenters. The number of rotatable bonds is 4. The van der Waals surface area contributed by atoms with Gasteiger partial charge in [0, 0.05) is 11.3 Å². The standard InChI is InChI=1S/C20H21N5OS2/c1-19(2)11-8-9-20(19,3)16-15(11)24-25-18(23-16)27-10-14(26)22-17-21-12-6-4-5-7-13(12)28-17/h4-7,11H,8-10H2,1-3H3,(H,21,22,26). The van der Waals surface area contributed by atoms with Crippen molar-refractivity contribution in [3.8, 4) is 0 Å². The van der Waals surface area contributed by atoms with Gasteiger partial charge in [-0.3, -0.25) is 4.79 Å². The number of hydrogen-bond acceptors (Lipinski definition) is 7. The number of aromatic nitrogens is 4. The fourth-order valence-electron chi connectivity index (χ4n) is 4.63. The monoisotopic (exact) mass is 411 g/mol. The van der Waals surface area contributed by atoms with Crippen LogP contribution in [0.15, 0.2) is 29.4 Å². The molecule has 2 aromatic heterocycles. The van der Waals surface area contributed by atoms with Crippen molar-refractivity contribution in [3.05, 3.63) is 35.7 Å². The van der Waals surface area contributed by atoms with E-state index in [0.29, 0.717) is 16.2 Å². The van der Waals surface area contributed by atoms with Gasteiger partial charge in [0.15, 0.2) is 5.13 Å². The average Bonchev–Trinajstić information content (AvgIpc) is 3.23. The van der Waals surface area contributed by atoms with Crippen molar-refractivity contribution in [1.29, 1.82) is 0 Å². The van der Waals surface area contributed by atoms with Crippen LogP contribution in [0.2, 0.25) is 0 Å². The van der Waals surface area contributed by atoms with Gasteiger partial charge in [-0.15, -0.1) is 5.10 Å². The van der Waals surface area contributed by atoms with E-state index in [1.165, 1.54) is 23.1 Å². The summed E-state index contributed by atoms with van der Waals surface area (Å²) in [6, 6.07) is 7.85. The molecule has 5 rings (SSSR count). The Morgan fingerprint density at radius 3 is 2.89 bits per heavy atom. The van der Waals surface area contributed by atoms with Crippen molar-refractivity contribution in [2.45, 2.75) is 50.1 Å².